The van der Waals surface area contributed by atoms with E-state index in [1.807, 2.05) is 24.3 Å². The molecule has 1 aliphatic rings. The highest BCUT2D eigenvalue weighted by Crippen LogP contribution is 2.28. The zero-order valence-corrected chi connectivity index (χ0v) is 15.5. The number of aromatic nitrogens is 1. The van der Waals surface area contributed by atoms with Crippen molar-refractivity contribution < 1.29 is 14.3 Å². The number of ether oxygens (including phenoxy) is 1. The summed E-state index contributed by atoms with van der Waals surface area (Å²) < 4.78 is 6.23. The average molecular weight is 406 g/mol. The molecule has 0 bridgehead atoms. The van der Waals surface area contributed by atoms with Crippen LogP contribution >= 0.6 is 15.9 Å². The van der Waals surface area contributed by atoms with Gasteiger partial charge >= 0.3 is 6.09 Å². The van der Waals surface area contributed by atoms with Gasteiger partial charge in [0.1, 0.15) is 11.9 Å². The number of halogens is 1. The Morgan fingerprint density at radius 1 is 1.16 bits per heavy atom. The van der Waals surface area contributed by atoms with E-state index in [4.69, 9.17) is 4.74 Å². The number of nitrogens with one attached hydrogen (secondary N) is 2. The Kier molecular flexibility index (Phi) is 5.53. The number of nitrogens with zero attached hydrogens (tertiary/aromatic N) is 1. The van der Waals surface area contributed by atoms with Crippen molar-refractivity contribution in [2.75, 3.05) is 12.4 Å². The monoisotopic (exact) mass is 405 g/mol. The van der Waals surface area contributed by atoms with E-state index >= 15 is 0 Å². The largest absolute Gasteiger partial charge is 0.446 e. The van der Waals surface area contributed by atoms with Gasteiger partial charge in [0.2, 0.25) is 5.91 Å². The molecular formula is C18H20BrN3O3. The third-order valence-corrected chi connectivity index (χ3v) is 4.95. The number of rotatable bonds is 3. The summed E-state index contributed by atoms with van der Waals surface area (Å²) in [5.74, 6) is 0.448. The van der Waals surface area contributed by atoms with Gasteiger partial charge in [-0.3, -0.25) is 4.79 Å². The quantitative estimate of drug-likeness (QED) is 0.812. The Balaban J connectivity index is 1.58. The summed E-state index contributed by atoms with van der Waals surface area (Å²) in [5, 5.41) is 7.39. The number of anilines is 1. The second-order valence-electron chi connectivity index (χ2n) is 6.18. The lowest BCUT2D eigenvalue weighted by Crippen LogP contribution is -2.33. The molecule has 0 radical (unpaired) electrons. The Labute approximate surface area is 154 Å². The molecule has 132 valence electrons. The van der Waals surface area contributed by atoms with Gasteiger partial charge in [0.25, 0.3) is 0 Å². The van der Waals surface area contributed by atoms with Crippen LogP contribution in [0.25, 0.3) is 10.8 Å². The molecule has 1 aliphatic carbocycles. The molecule has 0 unspecified atom stereocenters. The molecule has 1 saturated carbocycles. The Hall–Kier alpha value is -2.15. The summed E-state index contributed by atoms with van der Waals surface area (Å²) >= 11 is 3.45. The summed E-state index contributed by atoms with van der Waals surface area (Å²) in [6, 6.07) is 7.81. The van der Waals surface area contributed by atoms with Crippen molar-refractivity contribution in [1.82, 2.24) is 10.3 Å². The van der Waals surface area contributed by atoms with Crippen LogP contribution in [0.4, 0.5) is 10.6 Å². The zero-order valence-electron chi connectivity index (χ0n) is 13.9. The van der Waals surface area contributed by atoms with Crippen LogP contribution in [-0.4, -0.2) is 30.1 Å². The molecule has 6 nitrogen and oxygen atoms in total. The first-order valence-corrected chi connectivity index (χ1v) is 9.09. The van der Waals surface area contributed by atoms with E-state index in [0.717, 1.165) is 15.2 Å². The smallest absolute Gasteiger partial charge is 0.407 e. The van der Waals surface area contributed by atoms with Gasteiger partial charge in [-0.25, -0.2) is 9.78 Å². The van der Waals surface area contributed by atoms with E-state index in [2.05, 4.69) is 31.5 Å². The van der Waals surface area contributed by atoms with Crippen LogP contribution in [0.5, 0.6) is 0 Å². The maximum atomic E-state index is 12.5. The van der Waals surface area contributed by atoms with E-state index in [-0.39, 0.29) is 17.9 Å². The SMILES string of the molecule is CNC(=O)O[C@H]1CC[C@H](C(=O)Nc2cc3cc(Br)ccc3cn2)CC1. The van der Waals surface area contributed by atoms with Gasteiger partial charge < -0.3 is 15.4 Å². The van der Waals surface area contributed by atoms with Crippen molar-refractivity contribution in [1.29, 1.82) is 0 Å². The van der Waals surface area contributed by atoms with Gasteiger partial charge in [0.05, 0.1) is 0 Å². The molecule has 0 spiro atoms. The van der Waals surface area contributed by atoms with Crippen LogP contribution in [-0.2, 0) is 9.53 Å². The number of hydrogen-bond donors (Lipinski definition) is 2. The second kappa shape index (κ2) is 7.82. The maximum Gasteiger partial charge on any atom is 0.407 e. The highest BCUT2D eigenvalue weighted by Gasteiger charge is 2.28. The molecule has 2 amide bonds. The fourth-order valence-corrected chi connectivity index (χ4v) is 3.44. The van der Waals surface area contributed by atoms with Crippen LogP contribution in [0.1, 0.15) is 25.7 Å². The minimum absolute atomic E-state index is 0.0276. The summed E-state index contributed by atoms with van der Waals surface area (Å²) in [4.78, 5) is 28.0. The molecule has 2 aromatic rings. The van der Waals surface area contributed by atoms with E-state index in [1.54, 1.807) is 6.20 Å². The number of amides is 2. The highest BCUT2D eigenvalue weighted by atomic mass is 79.9. The van der Waals surface area contributed by atoms with Crippen molar-refractivity contribution in [3.05, 3.63) is 34.9 Å². The van der Waals surface area contributed by atoms with Crippen LogP contribution in [0.2, 0.25) is 0 Å². The van der Waals surface area contributed by atoms with Gasteiger partial charge in [-0.1, -0.05) is 22.0 Å². The van der Waals surface area contributed by atoms with E-state index < -0.39 is 6.09 Å². The van der Waals surface area contributed by atoms with Gasteiger partial charge in [-0.05, 0) is 49.3 Å². The van der Waals surface area contributed by atoms with Crippen LogP contribution in [0.3, 0.4) is 0 Å². The number of hydrogen-bond acceptors (Lipinski definition) is 4. The molecule has 1 aromatic carbocycles. The fraction of sp³-hybridized carbons (Fsp3) is 0.389. The number of alkyl carbamates (subject to hydrolysis) is 1. The minimum atomic E-state index is -0.417. The van der Waals surface area contributed by atoms with E-state index in [9.17, 15) is 9.59 Å². The topological polar surface area (TPSA) is 80.3 Å². The van der Waals surface area contributed by atoms with Crippen LogP contribution < -0.4 is 10.6 Å². The molecule has 0 atom stereocenters. The molecule has 0 saturated heterocycles. The fourth-order valence-electron chi connectivity index (χ4n) is 3.06. The molecule has 3 rings (SSSR count). The van der Waals surface area contributed by atoms with Crippen LogP contribution in [0.15, 0.2) is 34.9 Å². The van der Waals surface area contributed by atoms with Gasteiger partial charge in [0, 0.05) is 29.0 Å². The lowest BCUT2D eigenvalue weighted by atomic mass is 9.87. The van der Waals surface area contributed by atoms with E-state index in [0.29, 0.717) is 31.5 Å². The van der Waals surface area contributed by atoms with Crippen molar-refractivity contribution in [2.45, 2.75) is 31.8 Å². The maximum absolute atomic E-state index is 12.5. The number of pyridine rings is 1. The summed E-state index contributed by atoms with van der Waals surface area (Å²) in [7, 11) is 1.54. The van der Waals surface area contributed by atoms with Gasteiger partial charge in [0.15, 0.2) is 0 Å². The number of carbonyl (C=O) groups excluding carboxylic acids is 2. The van der Waals surface area contributed by atoms with Gasteiger partial charge in [-0.15, -0.1) is 0 Å². The molecule has 1 aromatic heterocycles. The highest BCUT2D eigenvalue weighted by molar-refractivity contribution is 9.10. The summed E-state index contributed by atoms with van der Waals surface area (Å²) in [6.07, 6.45) is 4.03. The van der Waals surface area contributed by atoms with Gasteiger partial charge in [-0.2, -0.15) is 0 Å². The Bertz CT molecular complexity index is 788. The molecule has 0 aliphatic heterocycles. The van der Waals surface area contributed by atoms with Crippen molar-refractivity contribution >= 4 is 44.5 Å². The lowest BCUT2D eigenvalue weighted by Gasteiger charge is -2.27. The Morgan fingerprint density at radius 2 is 1.92 bits per heavy atom. The summed E-state index contributed by atoms with van der Waals surface area (Å²) in [5.41, 5.74) is 0. The van der Waals surface area contributed by atoms with Crippen molar-refractivity contribution in [3.63, 3.8) is 0 Å². The minimum Gasteiger partial charge on any atom is -0.446 e. The molecule has 25 heavy (non-hydrogen) atoms. The number of carbonyl (C=O) groups is 2. The predicted molar refractivity (Wildman–Crippen MR) is 99.4 cm³/mol. The lowest BCUT2D eigenvalue weighted by molar-refractivity contribution is -0.121. The normalized spacial score (nSPS) is 20.1. The summed E-state index contributed by atoms with van der Waals surface area (Å²) in [6.45, 7) is 0. The average Bonchev–Trinajstić information content (AvgIpc) is 2.61. The standard InChI is InChI=1S/C18H20BrN3O3/c1-20-18(24)25-15-6-3-11(4-7-15)17(23)22-16-9-13-8-14(19)5-2-12(13)10-21-16/h2,5,8-11,15H,3-4,6-7H2,1H3,(H,20,24)(H,21,22,23)/t11-,15-. The number of benzene rings is 1. The Morgan fingerprint density at radius 3 is 2.64 bits per heavy atom. The third kappa shape index (κ3) is 4.48. The first-order valence-electron chi connectivity index (χ1n) is 8.29. The molecule has 1 heterocycles. The third-order valence-electron chi connectivity index (χ3n) is 4.46. The molecule has 7 heteroatoms. The predicted octanol–water partition coefficient (Wildman–Crippen LogP) is 3.85. The zero-order chi connectivity index (χ0) is 17.8. The first kappa shape index (κ1) is 17.7. The number of fused-ring (bicyclic) bond motifs is 1. The second-order valence-corrected chi connectivity index (χ2v) is 7.09. The van der Waals surface area contributed by atoms with Crippen LogP contribution in [0, 0.1) is 5.92 Å². The van der Waals surface area contributed by atoms with Crippen molar-refractivity contribution in [3.8, 4) is 0 Å². The molecular weight excluding hydrogens is 386 g/mol. The first-order chi connectivity index (χ1) is 12.0. The van der Waals surface area contributed by atoms with E-state index in [1.165, 1.54) is 7.05 Å². The van der Waals surface area contributed by atoms with Crippen molar-refractivity contribution in [2.24, 2.45) is 5.92 Å². The molecule has 2 N–H and O–H groups in total. The molecule has 1 fully saturated rings.